The Bertz CT molecular complexity index is 856. The molecule has 0 saturated carbocycles. The van der Waals surface area contributed by atoms with Crippen molar-refractivity contribution in [2.75, 3.05) is 19.8 Å². The SMILES string of the molecule is CC1(C)CN(CC(=O)c2ccccc2)C2NC(c3ccncc3)NCN2C1=O. The molecule has 0 bridgehead atoms. The fourth-order valence-electron chi connectivity index (χ4n) is 3.92. The van der Waals surface area contributed by atoms with E-state index in [2.05, 4.69) is 20.5 Å². The summed E-state index contributed by atoms with van der Waals surface area (Å²) in [6, 6.07) is 13.2. The number of pyridine rings is 1. The number of carbonyl (C=O) groups is 2. The smallest absolute Gasteiger partial charge is 0.232 e. The van der Waals surface area contributed by atoms with Crippen LogP contribution in [0.3, 0.4) is 0 Å². The highest BCUT2D eigenvalue weighted by molar-refractivity contribution is 5.97. The Hall–Kier alpha value is -2.61. The highest BCUT2D eigenvalue weighted by atomic mass is 16.2. The molecular formula is C21H25N5O2. The molecule has 2 fully saturated rings. The quantitative estimate of drug-likeness (QED) is 0.786. The van der Waals surface area contributed by atoms with Gasteiger partial charge in [-0.2, -0.15) is 0 Å². The Morgan fingerprint density at radius 2 is 1.89 bits per heavy atom. The van der Waals surface area contributed by atoms with Crippen LogP contribution >= 0.6 is 0 Å². The third kappa shape index (κ3) is 3.56. The maximum Gasteiger partial charge on any atom is 0.232 e. The highest BCUT2D eigenvalue weighted by Crippen LogP contribution is 2.31. The fraction of sp³-hybridized carbons (Fsp3) is 0.381. The summed E-state index contributed by atoms with van der Waals surface area (Å²) in [5.74, 6) is 0.126. The number of amides is 1. The van der Waals surface area contributed by atoms with Crippen LogP contribution in [0, 0.1) is 5.41 Å². The van der Waals surface area contributed by atoms with Crippen molar-refractivity contribution in [3.8, 4) is 0 Å². The van der Waals surface area contributed by atoms with Crippen molar-refractivity contribution in [1.29, 1.82) is 0 Å². The first-order valence-corrected chi connectivity index (χ1v) is 9.48. The predicted octanol–water partition coefficient (Wildman–Crippen LogP) is 1.57. The minimum Gasteiger partial charge on any atom is -0.300 e. The molecule has 2 N–H and O–H groups in total. The number of Topliss-reactive ketones (excluding diaryl/α,β-unsaturated/α-hetero) is 1. The number of benzene rings is 1. The number of aromatic nitrogens is 1. The first-order chi connectivity index (χ1) is 13.5. The van der Waals surface area contributed by atoms with Gasteiger partial charge in [-0.25, -0.2) is 0 Å². The molecule has 2 unspecified atom stereocenters. The molecule has 7 heteroatoms. The summed E-state index contributed by atoms with van der Waals surface area (Å²) < 4.78 is 0. The van der Waals surface area contributed by atoms with Gasteiger partial charge in [-0.3, -0.25) is 30.1 Å². The van der Waals surface area contributed by atoms with E-state index in [0.717, 1.165) is 5.56 Å². The Morgan fingerprint density at radius 3 is 2.61 bits per heavy atom. The van der Waals surface area contributed by atoms with E-state index in [1.807, 2.05) is 56.3 Å². The molecule has 146 valence electrons. The van der Waals surface area contributed by atoms with E-state index in [-0.39, 0.29) is 30.7 Å². The van der Waals surface area contributed by atoms with Crippen molar-refractivity contribution in [2.24, 2.45) is 5.41 Å². The van der Waals surface area contributed by atoms with Crippen molar-refractivity contribution < 1.29 is 9.59 Å². The first kappa shape index (κ1) is 18.7. The van der Waals surface area contributed by atoms with Crippen molar-refractivity contribution in [1.82, 2.24) is 25.4 Å². The van der Waals surface area contributed by atoms with Crippen LogP contribution < -0.4 is 10.6 Å². The van der Waals surface area contributed by atoms with Crippen molar-refractivity contribution in [2.45, 2.75) is 26.3 Å². The maximum absolute atomic E-state index is 13.0. The molecule has 2 aliphatic rings. The Balaban J connectivity index is 1.58. The standard InChI is InChI=1S/C21H25N5O2/c1-21(2)13-25(12-17(27)15-6-4-3-5-7-15)20-24-18(16-8-10-22-11-9-16)23-14-26(20)19(21)28/h3-11,18,20,23-24H,12-14H2,1-2H3. The molecule has 1 aromatic heterocycles. The fourth-order valence-corrected chi connectivity index (χ4v) is 3.92. The molecule has 2 aliphatic heterocycles. The second kappa shape index (κ2) is 7.43. The number of fused-ring (bicyclic) bond motifs is 1. The molecule has 1 amide bonds. The van der Waals surface area contributed by atoms with Gasteiger partial charge in [0.25, 0.3) is 0 Å². The van der Waals surface area contributed by atoms with Crippen LogP contribution in [0.5, 0.6) is 0 Å². The summed E-state index contributed by atoms with van der Waals surface area (Å²) in [5.41, 5.74) is 1.17. The zero-order chi connectivity index (χ0) is 19.7. The second-order valence-electron chi connectivity index (χ2n) is 7.97. The molecule has 2 saturated heterocycles. The lowest BCUT2D eigenvalue weighted by Crippen LogP contribution is -2.73. The van der Waals surface area contributed by atoms with Gasteiger partial charge in [-0.15, -0.1) is 0 Å². The zero-order valence-corrected chi connectivity index (χ0v) is 16.1. The Kier molecular flexibility index (Phi) is 4.97. The van der Waals surface area contributed by atoms with E-state index in [4.69, 9.17) is 0 Å². The average molecular weight is 379 g/mol. The van der Waals surface area contributed by atoms with Gasteiger partial charge in [0.15, 0.2) is 5.78 Å². The van der Waals surface area contributed by atoms with E-state index in [1.165, 1.54) is 0 Å². The topological polar surface area (TPSA) is 77.6 Å². The van der Waals surface area contributed by atoms with E-state index in [9.17, 15) is 9.59 Å². The minimum absolute atomic E-state index is 0.0477. The van der Waals surface area contributed by atoms with Crippen LogP contribution in [-0.4, -0.2) is 52.5 Å². The number of ketones is 1. The van der Waals surface area contributed by atoms with Crippen LogP contribution in [0.4, 0.5) is 0 Å². The molecule has 2 atom stereocenters. The molecule has 2 aromatic rings. The number of nitrogens with one attached hydrogen (secondary N) is 2. The average Bonchev–Trinajstić information content (AvgIpc) is 2.72. The zero-order valence-electron chi connectivity index (χ0n) is 16.1. The molecule has 0 aliphatic carbocycles. The van der Waals surface area contributed by atoms with Gasteiger partial charge >= 0.3 is 0 Å². The monoisotopic (exact) mass is 379 g/mol. The molecule has 3 heterocycles. The maximum atomic E-state index is 13.0. The number of rotatable bonds is 4. The lowest BCUT2D eigenvalue weighted by molar-refractivity contribution is -0.167. The van der Waals surface area contributed by atoms with Crippen LogP contribution in [-0.2, 0) is 4.79 Å². The van der Waals surface area contributed by atoms with Crippen molar-refractivity contribution in [3.63, 3.8) is 0 Å². The van der Waals surface area contributed by atoms with Gasteiger partial charge in [-0.1, -0.05) is 30.3 Å². The van der Waals surface area contributed by atoms with Gasteiger partial charge in [0.05, 0.1) is 24.8 Å². The summed E-state index contributed by atoms with van der Waals surface area (Å²) in [5, 5.41) is 6.85. The molecule has 4 rings (SSSR count). The van der Waals surface area contributed by atoms with Gasteiger partial charge in [0.1, 0.15) is 6.29 Å². The van der Waals surface area contributed by atoms with Gasteiger partial charge in [-0.05, 0) is 31.5 Å². The lowest BCUT2D eigenvalue weighted by Gasteiger charge is -2.53. The Labute approximate surface area is 164 Å². The molecule has 0 radical (unpaired) electrons. The Morgan fingerprint density at radius 1 is 1.18 bits per heavy atom. The molecule has 1 aromatic carbocycles. The van der Waals surface area contributed by atoms with Crippen LogP contribution in [0.15, 0.2) is 54.9 Å². The summed E-state index contributed by atoms with van der Waals surface area (Å²) in [7, 11) is 0. The number of hydrogen-bond donors (Lipinski definition) is 2. The third-order valence-corrected chi connectivity index (χ3v) is 5.34. The van der Waals surface area contributed by atoms with Crippen LogP contribution in [0.25, 0.3) is 0 Å². The van der Waals surface area contributed by atoms with E-state index in [1.54, 1.807) is 17.3 Å². The van der Waals surface area contributed by atoms with Gasteiger partial charge < -0.3 is 4.90 Å². The molecule has 28 heavy (non-hydrogen) atoms. The molecule has 7 nitrogen and oxygen atoms in total. The van der Waals surface area contributed by atoms with Crippen LogP contribution in [0.2, 0.25) is 0 Å². The lowest BCUT2D eigenvalue weighted by atomic mass is 9.88. The van der Waals surface area contributed by atoms with Crippen molar-refractivity contribution >= 4 is 11.7 Å². The second-order valence-corrected chi connectivity index (χ2v) is 7.97. The first-order valence-electron chi connectivity index (χ1n) is 9.48. The third-order valence-electron chi connectivity index (χ3n) is 5.34. The summed E-state index contributed by atoms with van der Waals surface area (Å²) >= 11 is 0. The van der Waals surface area contributed by atoms with Gasteiger partial charge in [0.2, 0.25) is 5.91 Å². The van der Waals surface area contributed by atoms with E-state index < -0.39 is 5.41 Å². The van der Waals surface area contributed by atoms with Crippen molar-refractivity contribution in [3.05, 3.63) is 66.0 Å². The summed E-state index contributed by atoms with van der Waals surface area (Å²) in [6.07, 6.45) is 3.04. The molecule has 0 spiro atoms. The summed E-state index contributed by atoms with van der Waals surface area (Å²) in [6.45, 7) is 5.05. The highest BCUT2D eigenvalue weighted by Gasteiger charge is 2.47. The van der Waals surface area contributed by atoms with Crippen LogP contribution in [0.1, 0.15) is 35.9 Å². The largest absolute Gasteiger partial charge is 0.300 e. The van der Waals surface area contributed by atoms with E-state index >= 15 is 0 Å². The number of carbonyl (C=O) groups excluding carboxylic acids is 2. The summed E-state index contributed by atoms with van der Waals surface area (Å²) in [4.78, 5) is 33.7. The normalized spacial score (nSPS) is 24.6. The number of nitrogens with zero attached hydrogens (tertiary/aromatic N) is 3. The molecular weight excluding hydrogens is 354 g/mol. The van der Waals surface area contributed by atoms with Gasteiger partial charge in [0, 0.05) is 24.5 Å². The van der Waals surface area contributed by atoms with E-state index in [0.29, 0.717) is 18.8 Å². The minimum atomic E-state index is -0.555. The number of hydrogen-bond acceptors (Lipinski definition) is 6. The predicted molar refractivity (Wildman–Crippen MR) is 105 cm³/mol.